The number of hydrogen-bond acceptors (Lipinski definition) is 2. The van der Waals surface area contributed by atoms with E-state index in [4.69, 9.17) is 0 Å². The molecule has 3 rings (SSSR count). The summed E-state index contributed by atoms with van der Waals surface area (Å²) < 4.78 is 0. The highest BCUT2D eigenvalue weighted by Gasteiger charge is 2.52. The Bertz CT molecular complexity index is 453. The Morgan fingerprint density at radius 3 is 2.29 bits per heavy atom. The van der Waals surface area contributed by atoms with Crippen LogP contribution in [0.3, 0.4) is 0 Å². The predicted octanol–water partition coefficient (Wildman–Crippen LogP) is 2.69. The number of carbonyl (C=O) groups excluding carboxylic acids is 1. The van der Waals surface area contributed by atoms with Gasteiger partial charge in [-0.15, -0.1) is 0 Å². The molecule has 0 heterocycles. The van der Waals surface area contributed by atoms with E-state index >= 15 is 0 Å². The molecule has 1 amide bonds. The molecule has 0 aromatic rings. The Kier molecular flexibility index (Phi) is 4.05. The number of nitrogens with zero attached hydrogens (tertiary/aromatic N) is 1. The summed E-state index contributed by atoms with van der Waals surface area (Å²) in [5.74, 6) is -1.35. The van der Waals surface area contributed by atoms with Crippen molar-refractivity contribution in [1.82, 2.24) is 4.90 Å². The van der Waals surface area contributed by atoms with Crippen molar-refractivity contribution < 1.29 is 14.7 Å². The fourth-order valence-electron chi connectivity index (χ4n) is 4.67. The molecule has 0 aliphatic heterocycles. The van der Waals surface area contributed by atoms with Crippen LogP contribution in [0.25, 0.3) is 0 Å². The minimum absolute atomic E-state index is 0.0616. The van der Waals surface area contributed by atoms with Gasteiger partial charge in [-0.2, -0.15) is 0 Å². The van der Waals surface area contributed by atoms with Crippen LogP contribution >= 0.6 is 0 Å². The second kappa shape index (κ2) is 5.82. The fraction of sp³-hybridized carbons (Fsp3) is 0.765. The zero-order chi connectivity index (χ0) is 15.0. The first kappa shape index (κ1) is 14.6. The van der Waals surface area contributed by atoms with E-state index in [-0.39, 0.29) is 23.7 Å². The Labute approximate surface area is 126 Å². The lowest BCUT2D eigenvalue weighted by Gasteiger charge is -2.37. The lowest BCUT2D eigenvalue weighted by molar-refractivity contribution is -0.152. The molecule has 0 aromatic heterocycles. The van der Waals surface area contributed by atoms with Gasteiger partial charge in [-0.3, -0.25) is 9.59 Å². The molecule has 2 saturated carbocycles. The van der Waals surface area contributed by atoms with Crippen LogP contribution in [0.2, 0.25) is 0 Å². The molecule has 0 spiro atoms. The minimum Gasteiger partial charge on any atom is -0.481 e. The second-order valence-corrected chi connectivity index (χ2v) is 6.75. The number of rotatable bonds is 4. The Morgan fingerprint density at radius 1 is 1.10 bits per heavy atom. The molecule has 2 unspecified atom stereocenters. The summed E-state index contributed by atoms with van der Waals surface area (Å²) in [4.78, 5) is 26.6. The third-order valence-electron chi connectivity index (χ3n) is 5.67. The SMILES string of the molecule is CCN(C(=O)[C@H]1C2C=CC(C2)[C@H]1C(=O)O)C1CCCCC1. The van der Waals surface area contributed by atoms with Crippen LogP contribution in [0.15, 0.2) is 12.2 Å². The van der Waals surface area contributed by atoms with Crippen molar-refractivity contribution in [3.63, 3.8) is 0 Å². The molecule has 4 heteroatoms. The molecule has 0 saturated heterocycles. The highest BCUT2D eigenvalue weighted by atomic mass is 16.4. The maximum absolute atomic E-state index is 13.0. The monoisotopic (exact) mass is 291 g/mol. The zero-order valence-electron chi connectivity index (χ0n) is 12.7. The average Bonchev–Trinajstić information content (AvgIpc) is 3.09. The number of fused-ring (bicyclic) bond motifs is 2. The minimum atomic E-state index is -0.801. The molecule has 0 aromatic carbocycles. The van der Waals surface area contributed by atoms with Crippen molar-refractivity contribution >= 4 is 11.9 Å². The smallest absolute Gasteiger partial charge is 0.307 e. The predicted molar refractivity (Wildman–Crippen MR) is 79.6 cm³/mol. The van der Waals surface area contributed by atoms with Gasteiger partial charge in [-0.1, -0.05) is 31.4 Å². The van der Waals surface area contributed by atoms with E-state index < -0.39 is 11.9 Å². The van der Waals surface area contributed by atoms with Crippen LogP contribution in [-0.2, 0) is 9.59 Å². The van der Waals surface area contributed by atoms with E-state index in [9.17, 15) is 14.7 Å². The summed E-state index contributed by atoms with van der Waals surface area (Å²) in [6.45, 7) is 2.72. The lowest BCUT2D eigenvalue weighted by atomic mass is 9.81. The van der Waals surface area contributed by atoms with E-state index in [1.807, 2.05) is 17.9 Å². The van der Waals surface area contributed by atoms with E-state index in [0.29, 0.717) is 12.6 Å². The van der Waals surface area contributed by atoms with Crippen molar-refractivity contribution in [2.75, 3.05) is 6.54 Å². The van der Waals surface area contributed by atoms with Crippen LogP contribution < -0.4 is 0 Å². The molecular weight excluding hydrogens is 266 g/mol. The van der Waals surface area contributed by atoms with E-state index in [0.717, 1.165) is 19.3 Å². The third kappa shape index (κ3) is 2.49. The fourth-order valence-corrected chi connectivity index (χ4v) is 4.67. The van der Waals surface area contributed by atoms with Gasteiger partial charge in [-0.25, -0.2) is 0 Å². The summed E-state index contributed by atoms with van der Waals surface area (Å²) in [5.41, 5.74) is 0. The number of aliphatic carboxylic acids is 1. The molecule has 21 heavy (non-hydrogen) atoms. The summed E-state index contributed by atoms with van der Waals surface area (Å²) >= 11 is 0. The largest absolute Gasteiger partial charge is 0.481 e. The molecule has 4 nitrogen and oxygen atoms in total. The number of allylic oxidation sites excluding steroid dienone is 2. The first-order valence-electron chi connectivity index (χ1n) is 8.35. The normalized spacial score (nSPS) is 35.1. The molecule has 2 fully saturated rings. The molecule has 0 radical (unpaired) electrons. The maximum Gasteiger partial charge on any atom is 0.307 e. The van der Waals surface area contributed by atoms with E-state index in [1.54, 1.807) is 0 Å². The highest BCUT2D eigenvalue weighted by Crippen LogP contribution is 2.49. The molecule has 1 N–H and O–H groups in total. The molecule has 3 aliphatic carbocycles. The summed E-state index contributed by atoms with van der Waals surface area (Å²) in [5, 5.41) is 9.51. The third-order valence-corrected chi connectivity index (χ3v) is 5.67. The summed E-state index contributed by atoms with van der Waals surface area (Å²) in [7, 11) is 0. The van der Waals surface area contributed by atoms with E-state index in [1.165, 1.54) is 19.3 Å². The van der Waals surface area contributed by atoms with Crippen molar-refractivity contribution in [2.24, 2.45) is 23.7 Å². The van der Waals surface area contributed by atoms with Crippen LogP contribution in [0, 0.1) is 23.7 Å². The number of amides is 1. The van der Waals surface area contributed by atoms with Crippen LogP contribution in [-0.4, -0.2) is 34.5 Å². The molecular formula is C17H25NO3. The van der Waals surface area contributed by atoms with Crippen LogP contribution in [0.4, 0.5) is 0 Å². The molecule has 3 aliphatic rings. The van der Waals surface area contributed by atoms with Crippen LogP contribution in [0.1, 0.15) is 45.4 Å². The molecule has 116 valence electrons. The first-order valence-corrected chi connectivity index (χ1v) is 8.35. The van der Waals surface area contributed by atoms with Gasteiger partial charge in [0.15, 0.2) is 0 Å². The van der Waals surface area contributed by atoms with Crippen molar-refractivity contribution in [1.29, 1.82) is 0 Å². The number of carboxylic acids is 1. The maximum atomic E-state index is 13.0. The Hall–Kier alpha value is -1.32. The Morgan fingerprint density at radius 2 is 1.71 bits per heavy atom. The number of hydrogen-bond donors (Lipinski definition) is 1. The van der Waals surface area contributed by atoms with Gasteiger partial charge in [0.1, 0.15) is 0 Å². The van der Waals surface area contributed by atoms with Crippen molar-refractivity contribution in [3.05, 3.63) is 12.2 Å². The van der Waals surface area contributed by atoms with Gasteiger partial charge < -0.3 is 10.0 Å². The quantitative estimate of drug-likeness (QED) is 0.810. The average molecular weight is 291 g/mol. The zero-order valence-corrected chi connectivity index (χ0v) is 12.7. The second-order valence-electron chi connectivity index (χ2n) is 6.75. The lowest BCUT2D eigenvalue weighted by Crippen LogP contribution is -2.48. The van der Waals surface area contributed by atoms with Gasteiger partial charge in [0.2, 0.25) is 5.91 Å². The van der Waals surface area contributed by atoms with Gasteiger partial charge in [0, 0.05) is 12.6 Å². The van der Waals surface area contributed by atoms with Gasteiger partial charge in [-0.05, 0) is 38.0 Å². The summed E-state index contributed by atoms with van der Waals surface area (Å²) in [6, 6.07) is 0.328. The Balaban J connectivity index is 1.79. The molecule has 4 atom stereocenters. The van der Waals surface area contributed by atoms with E-state index in [2.05, 4.69) is 6.08 Å². The van der Waals surface area contributed by atoms with Gasteiger partial charge in [0.05, 0.1) is 11.8 Å². The molecule has 2 bridgehead atoms. The van der Waals surface area contributed by atoms with Gasteiger partial charge in [0.25, 0.3) is 0 Å². The first-order chi connectivity index (χ1) is 10.1. The number of carboxylic acid groups (broad SMARTS) is 1. The standard InChI is InChI=1S/C17H25NO3/c1-2-18(13-6-4-3-5-7-13)16(19)14-11-8-9-12(10-11)15(14)17(20)21/h8-9,11-15H,2-7,10H2,1H3,(H,20,21)/t11?,12?,14-,15+/m0/s1. The number of carbonyl (C=O) groups is 2. The van der Waals surface area contributed by atoms with Crippen molar-refractivity contribution in [2.45, 2.75) is 51.5 Å². The highest BCUT2D eigenvalue weighted by molar-refractivity contribution is 5.87. The summed E-state index contributed by atoms with van der Waals surface area (Å²) in [6.07, 6.45) is 10.7. The van der Waals surface area contributed by atoms with Gasteiger partial charge >= 0.3 is 5.97 Å². The topological polar surface area (TPSA) is 57.6 Å². The van der Waals surface area contributed by atoms with Crippen LogP contribution in [0.5, 0.6) is 0 Å². The van der Waals surface area contributed by atoms with Crippen molar-refractivity contribution in [3.8, 4) is 0 Å².